The third-order valence-corrected chi connectivity index (χ3v) is 5.79. The number of aliphatic imine (C=N–C) groups is 1. The number of nitrogens with zero attached hydrogens (tertiary/aromatic N) is 1. The Kier molecular flexibility index (Phi) is 3.56. The van der Waals surface area contributed by atoms with E-state index in [4.69, 9.17) is 0 Å². The molecule has 1 unspecified atom stereocenters. The van der Waals surface area contributed by atoms with Crippen LogP contribution in [0, 0.1) is 0 Å². The van der Waals surface area contributed by atoms with Gasteiger partial charge in [-0.2, -0.15) is 0 Å². The Morgan fingerprint density at radius 3 is 2.67 bits per heavy atom. The monoisotopic (exact) mass is 341 g/mol. The van der Waals surface area contributed by atoms with E-state index in [0.29, 0.717) is 4.90 Å². The molecule has 0 radical (unpaired) electrons. The van der Waals surface area contributed by atoms with Gasteiger partial charge >= 0.3 is 0 Å². The molecule has 0 bridgehead atoms. The third-order valence-electron chi connectivity index (χ3n) is 4.66. The Hall–Kier alpha value is -2.02. The Balaban J connectivity index is 1.50. The number of sulfone groups is 1. The predicted molar refractivity (Wildman–Crippen MR) is 94.5 cm³/mol. The van der Waals surface area contributed by atoms with Crippen molar-refractivity contribution in [1.29, 1.82) is 0 Å². The van der Waals surface area contributed by atoms with Crippen molar-refractivity contribution in [2.45, 2.75) is 23.0 Å². The lowest BCUT2D eigenvalue weighted by Gasteiger charge is -2.22. The van der Waals surface area contributed by atoms with Crippen molar-refractivity contribution in [1.82, 2.24) is 10.6 Å². The molecule has 0 aliphatic carbocycles. The molecule has 4 rings (SSSR count). The van der Waals surface area contributed by atoms with Crippen LogP contribution in [0.1, 0.15) is 11.1 Å². The summed E-state index contributed by atoms with van der Waals surface area (Å²) in [6, 6.07) is 15.3. The van der Waals surface area contributed by atoms with E-state index in [1.165, 1.54) is 11.8 Å². The van der Waals surface area contributed by atoms with Crippen LogP contribution in [0.25, 0.3) is 0 Å². The molecule has 2 N–H and O–H groups in total. The summed E-state index contributed by atoms with van der Waals surface area (Å²) in [5.74, 6) is 0. The van der Waals surface area contributed by atoms with Gasteiger partial charge in [-0.15, -0.1) is 0 Å². The average Bonchev–Trinajstić information content (AvgIpc) is 3.13. The molecule has 2 heterocycles. The third kappa shape index (κ3) is 2.66. The van der Waals surface area contributed by atoms with Crippen molar-refractivity contribution in [3.8, 4) is 0 Å². The Labute approximate surface area is 141 Å². The van der Waals surface area contributed by atoms with Crippen LogP contribution in [0.5, 0.6) is 0 Å². The summed E-state index contributed by atoms with van der Waals surface area (Å²) in [6.45, 7) is 0.791. The molecule has 2 aliphatic heterocycles. The van der Waals surface area contributed by atoms with Crippen molar-refractivity contribution in [3.63, 3.8) is 0 Å². The molecule has 1 spiro atoms. The van der Waals surface area contributed by atoms with Crippen molar-refractivity contribution in [3.05, 3.63) is 59.7 Å². The number of hydrogen-bond donors (Lipinski definition) is 2. The van der Waals surface area contributed by atoms with E-state index in [1.54, 1.807) is 12.1 Å². The van der Waals surface area contributed by atoms with E-state index in [1.807, 2.05) is 36.5 Å². The lowest BCUT2D eigenvalue weighted by molar-refractivity contribution is 0.494. The molecule has 0 amide bonds. The number of benzene rings is 2. The van der Waals surface area contributed by atoms with Gasteiger partial charge in [-0.25, -0.2) is 8.42 Å². The quantitative estimate of drug-likeness (QED) is 0.892. The summed E-state index contributed by atoms with van der Waals surface area (Å²) in [7, 11) is -3.15. The highest BCUT2D eigenvalue weighted by molar-refractivity contribution is 7.90. The van der Waals surface area contributed by atoms with Crippen LogP contribution in [0.2, 0.25) is 0 Å². The van der Waals surface area contributed by atoms with Crippen LogP contribution < -0.4 is 10.6 Å². The van der Waals surface area contributed by atoms with Gasteiger partial charge in [0.2, 0.25) is 0 Å². The normalized spacial score (nSPS) is 25.3. The second-order valence-corrected chi connectivity index (χ2v) is 8.46. The summed E-state index contributed by atoms with van der Waals surface area (Å²) in [4.78, 5) is 4.87. The van der Waals surface area contributed by atoms with Gasteiger partial charge in [0, 0.05) is 31.0 Å². The number of hydrogen-bond acceptors (Lipinski definition) is 5. The maximum atomic E-state index is 11.5. The minimum absolute atomic E-state index is 0.117. The van der Waals surface area contributed by atoms with Crippen LogP contribution in [-0.2, 0) is 21.8 Å². The Morgan fingerprint density at radius 1 is 1.17 bits per heavy atom. The van der Waals surface area contributed by atoms with Crippen LogP contribution in [-0.4, -0.2) is 33.6 Å². The van der Waals surface area contributed by atoms with Crippen molar-refractivity contribution >= 4 is 21.7 Å². The molecule has 5 nitrogen and oxygen atoms in total. The molecule has 0 saturated carbocycles. The number of fused-ring (bicyclic) bond motifs is 2. The van der Waals surface area contributed by atoms with E-state index < -0.39 is 9.84 Å². The van der Waals surface area contributed by atoms with Gasteiger partial charge in [-0.3, -0.25) is 15.6 Å². The summed E-state index contributed by atoms with van der Waals surface area (Å²) in [6.07, 6.45) is 4.11. The molecule has 2 aromatic rings. The summed E-state index contributed by atoms with van der Waals surface area (Å²) < 4.78 is 23.1. The minimum atomic E-state index is -3.15. The van der Waals surface area contributed by atoms with Crippen LogP contribution in [0.15, 0.2) is 58.4 Å². The van der Waals surface area contributed by atoms with E-state index in [-0.39, 0.29) is 11.7 Å². The topological polar surface area (TPSA) is 70.6 Å². The van der Waals surface area contributed by atoms with Gasteiger partial charge in [0.05, 0.1) is 22.3 Å². The second kappa shape index (κ2) is 5.51. The first-order valence-electron chi connectivity index (χ1n) is 7.91. The zero-order chi connectivity index (χ0) is 16.8. The molecule has 2 atom stereocenters. The van der Waals surface area contributed by atoms with E-state index in [2.05, 4.69) is 21.7 Å². The van der Waals surface area contributed by atoms with Crippen molar-refractivity contribution < 1.29 is 8.42 Å². The molecule has 1 fully saturated rings. The van der Waals surface area contributed by atoms with Crippen LogP contribution >= 0.6 is 0 Å². The van der Waals surface area contributed by atoms with E-state index in [9.17, 15) is 8.42 Å². The molecular weight excluding hydrogens is 322 g/mol. The molecule has 1 saturated heterocycles. The minimum Gasteiger partial charge on any atom is -0.299 e. The van der Waals surface area contributed by atoms with Gasteiger partial charge in [-0.1, -0.05) is 30.3 Å². The molecule has 2 aromatic carbocycles. The molecule has 6 heteroatoms. The fourth-order valence-corrected chi connectivity index (χ4v) is 4.03. The second-order valence-electron chi connectivity index (χ2n) is 6.44. The first-order valence-corrected chi connectivity index (χ1v) is 9.80. The maximum Gasteiger partial charge on any atom is 0.175 e. The smallest absolute Gasteiger partial charge is 0.175 e. The van der Waals surface area contributed by atoms with Gasteiger partial charge in [0.1, 0.15) is 0 Å². The molecular formula is C18H19N3O2S. The van der Waals surface area contributed by atoms with Crippen molar-refractivity contribution in [2.24, 2.45) is 4.99 Å². The lowest BCUT2D eigenvalue weighted by Crippen LogP contribution is -2.43. The molecule has 24 heavy (non-hydrogen) atoms. The highest BCUT2D eigenvalue weighted by atomic mass is 32.2. The fraction of sp³-hybridized carbons (Fsp3) is 0.278. The zero-order valence-corrected chi connectivity index (χ0v) is 14.2. The van der Waals surface area contributed by atoms with Gasteiger partial charge in [-0.05, 0) is 23.8 Å². The van der Waals surface area contributed by atoms with Gasteiger partial charge in [0.25, 0.3) is 0 Å². The number of para-hydroxylation sites is 1. The summed E-state index contributed by atoms with van der Waals surface area (Å²) >= 11 is 0. The Bertz CT molecular complexity index is 906. The maximum absolute atomic E-state index is 11.5. The first kappa shape index (κ1) is 15.5. The molecule has 124 valence electrons. The summed E-state index contributed by atoms with van der Waals surface area (Å²) in [5, 5.41) is 7.14. The van der Waals surface area contributed by atoms with E-state index >= 15 is 0 Å². The van der Waals surface area contributed by atoms with E-state index in [0.717, 1.165) is 24.2 Å². The van der Waals surface area contributed by atoms with Gasteiger partial charge in [0.15, 0.2) is 9.84 Å². The predicted octanol–water partition coefficient (Wildman–Crippen LogP) is 1.76. The van der Waals surface area contributed by atoms with Crippen LogP contribution in [0.3, 0.4) is 0 Å². The summed E-state index contributed by atoms with van der Waals surface area (Å²) in [5.41, 5.74) is 3.07. The zero-order valence-electron chi connectivity index (χ0n) is 13.4. The standard InChI is InChI=1S/C18H19N3O2S/c1-24(22,23)14-8-6-13(7-9-14)10-17-20-12-18(21-17)11-19-16-5-3-2-4-15(16)18/h2-9,11,17,20-21H,10,12H2,1H3/t17-,18?/m1/s1. The number of nitrogens with one attached hydrogen (secondary N) is 2. The highest BCUT2D eigenvalue weighted by Crippen LogP contribution is 2.36. The SMILES string of the molecule is CS(=O)(=O)c1ccc(C[C@@H]2NCC3(C=Nc4ccccc43)N2)cc1. The number of rotatable bonds is 3. The fourth-order valence-electron chi connectivity index (χ4n) is 3.40. The largest absolute Gasteiger partial charge is 0.299 e. The first-order chi connectivity index (χ1) is 11.5. The lowest BCUT2D eigenvalue weighted by atomic mass is 9.93. The van der Waals surface area contributed by atoms with Crippen molar-refractivity contribution in [2.75, 3.05) is 12.8 Å². The van der Waals surface area contributed by atoms with Gasteiger partial charge < -0.3 is 0 Å². The Morgan fingerprint density at radius 2 is 1.92 bits per heavy atom. The molecule has 0 aromatic heterocycles. The molecule has 2 aliphatic rings. The van der Waals surface area contributed by atoms with Crippen LogP contribution in [0.4, 0.5) is 5.69 Å². The highest BCUT2D eigenvalue weighted by Gasteiger charge is 2.42. The average molecular weight is 341 g/mol.